The van der Waals surface area contributed by atoms with Gasteiger partial charge in [0, 0.05) is 12.8 Å². The summed E-state index contributed by atoms with van der Waals surface area (Å²) in [7, 11) is 1.22. The zero-order valence-electron chi connectivity index (χ0n) is 29.5. The number of methoxy groups -OCH3 is 1. The fourth-order valence-corrected chi connectivity index (χ4v) is 4.50. The van der Waals surface area contributed by atoms with Gasteiger partial charge < -0.3 is 34.9 Å². The second-order valence-corrected chi connectivity index (χ2v) is 13.8. The van der Waals surface area contributed by atoms with Gasteiger partial charge in [0.25, 0.3) is 0 Å². The Kier molecular flexibility index (Phi) is 14.9. The lowest BCUT2D eigenvalue weighted by Crippen LogP contribution is -2.57. The molecule has 0 bridgehead atoms. The molecule has 2 rings (SSSR count). The number of carbonyl (C=O) groups is 5. The number of alkyl carbamates (subject to hydrolysis) is 1. The summed E-state index contributed by atoms with van der Waals surface area (Å²) >= 11 is 0. The van der Waals surface area contributed by atoms with E-state index in [2.05, 4.69) is 16.0 Å². The van der Waals surface area contributed by atoms with Gasteiger partial charge in [0.2, 0.25) is 11.8 Å². The zero-order chi connectivity index (χ0) is 36.1. The number of ether oxygens (including phenoxy) is 4. The Morgan fingerprint density at radius 1 is 0.729 bits per heavy atom. The SMILES string of the molecule is COC(=O)[C@H](Cc1ccc(OC(C)(C)C)cc1)NC(=O)[C@@H](NC(=O)[C@@H](CCC(=O)OC(C)(C)C)NC(=O)OCc1ccccc1)C(C)C. The van der Waals surface area contributed by atoms with Crippen LogP contribution in [0.4, 0.5) is 4.79 Å². The van der Waals surface area contributed by atoms with Crippen LogP contribution in [-0.4, -0.2) is 66.3 Å². The van der Waals surface area contributed by atoms with Crippen LogP contribution in [0.2, 0.25) is 0 Å². The van der Waals surface area contributed by atoms with Crippen molar-refractivity contribution in [2.24, 2.45) is 5.92 Å². The highest BCUT2D eigenvalue weighted by atomic mass is 16.6. The molecule has 0 fully saturated rings. The molecule has 0 saturated carbocycles. The van der Waals surface area contributed by atoms with Crippen molar-refractivity contribution in [3.63, 3.8) is 0 Å². The van der Waals surface area contributed by atoms with Gasteiger partial charge in [0.05, 0.1) is 7.11 Å². The van der Waals surface area contributed by atoms with E-state index in [1.54, 1.807) is 83.1 Å². The second kappa shape index (κ2) is 18.1. The summed E-state index contributed by atoms with van der Waals surface area (Å²) < 4.78 is 21.5. The highest BCUT2D eigenvalue weighted by Gasteiger charge is 2.32. The van der Waals surface area contributed by atoms with Crippen LogP contribution in [0.15, 0.2) is 54.6 Å². The quantitative estimate of drug-likeness (QED) is 0.182. The van der Waals surface area contributed by atoms with Crippen molar-refractivity contribution in [1.82, 2.24) is 16.0 Å². The Morgan fingerprint density at radius 3 is 1.90 bits per heavy atom. The van der Waals surface area contributed by atoms with E-state index in [1.807, 2.05) is 26.8 Å². The number of hydrogen-bond donors (Lipinski definition) is 3. The summed E-state index contributed by atoms with van der Waals surface area (Å²) in [5, 5.41) is 7.90. The molecule has 48 heavy (non-hydrogen) atoms. The van der Waals surface area contributed by atoms with Crippen LogP contribution in [0, 0.1) is 5.92 Å². The van der Waals surface area contributed by atoms with Gasteiger partial charge in [-0.1, -0.05) is 56.3 Å². The van der Waals surface area contributed by atoms with Crippen molar-refractivity contribution in [3.05, 3.63) is 65.7 Å². The molecule has 0 unspecified atom stereocenters. The first-order chi connectivity index (χ1) is 22.4. The topological polar surface area (TPSA) is 158 Å². The normalized spacial score (nSPS) is 13.4. The van der Waals surface area contributed by atoms with Crippen LogP contribution < -0.4 is 20.7 Å². The average molecular weight is 670 g/mol. The van der Waals surface area contributed by atoms with Crippen molar-refractivity contribution in [2.75, 3.05) is 7.11 Å². The highest BCUT2D eigenvalue weighted by molar-refractivity contribution is 5.93. The average Bonchev–Trinajstić information content (AvgIpc) is 2.99. The predicted octanol–water partition coefficient (Wildman–Crippen LogP) is 4.62. The lowest BCUT2D eigenvalue weighted by molar-refractivity contribution is -0.155. The van der Waals surface area contributed by atoms with Crippen LogP contribution >= 0.6 is 0 Å². The largest absolute Gasteiger partial charge is 0.488 e. The van der Waals surface area contributed by atoms with Crippen LogP contribution in [0.25, 0.3) is 0 Å². The third-order valence-electron chi connectivity index (χ3n) is 6.71. The van der Waals surface area contributed by atoms with Crippen molar-refractivity contribution < 1.29 is 42.9 Å². The minimum absolute atomic E-state index is 0.0363. The smallest absolute Gasteiger partial charge is 0.408 e. The molecule has 2 aromatic carbocycles. The molecule has 3 amide bonds. The number of amides is 3. The summed E-state index contributed by atoms with van der Waals surface area (Å²) in [6.07, 6.45) is -1.05. The number of benzene rings is 2. The van der Waals surface area contributed by atoms with Crippen LogP contribution in [0.1, 0.15) is 79.4 Å². The number of nitrogens with one attached hydrogen (secondary N) is 3. The van der Waals surface area contributed by atoms with E-state index in [4.69, 9.17) is 18.9 Å². The molecule has 0 saturated heterocycles. The fraction of sp³-hybridized carbons (Fsp3) is 0.528. The van der Waals surface area contributed by atoms with Crippen molar-refractivity contribution in [2.45, 2.75) is 111 Å². The Hall–Kier alpha value is -4.61. The molecule has 0 aliphatic carbocycles. The fourth-order valence-electron chi connectivity index (χ4n) is 4.50. The Labute approximate surface area is 283 Å². The number of carbonyl (C=O) groups excluding carboxylic acids is 5. The van der Waals surface area contributed by atoms with Gasteiger partial charge in [-0.05, 0) is 77.1 Å². The Bertz CT molecular complexity index is 1360. The van der Waals surface area contributed by atoms with E-state index in [0.29, 0.717) is 5.75 Å². The van der Waals surface area contributed by atoms with Gasteiger partial charge >= 0.3 is 18.0 Å². The van der Waals surface area contributed by atoms with Gasteiger partial charge in [-0.15, -0.1) is 0 Å². The first-order valence-electron chi connectivity index (χ1n) is 16.0. The van der Waals surface area contributed by atoms with E-state index >= 15 is 0 Å². The number of rotatable bonds is 15. The molecule has 0 radical (unpaired) electrons. The molecule has 3 atom stereocenters. The number of hydrogen-bond acceptors (Lipinski definition) is 9. The molecule has 0 heterocycles. The van der Waals surface area contributed by atoms with Crippen molar-refractivity contribution in [1.29, 1.82) is 0 Å². The van der Waals surface area contributed by atoms with E-state index in [1.165, 1.54) is 7.11 Å². The highest BCUT2D eigenvalue weighted by Crippen LogP contribution is 2.19. The lowest BCUT2D eigenvalue weighted by atomic mass is 10.0. The van der Waals surface area contributed by atoms with Crippen molar-refractivity contribution in [3.8, 4) is 5.75 Å². The second-order valence-electron chi connectivity index (χ2n) is 13.8. The summed E-state index contributed by atoms with van der Waals surface area (Å²) in [6, 6.07) is 12.8. The van der Waals surface area contributed by atoms with E-state index in [-0.39, 0.29) is 31.5 Å². The maximum Gasteiger partial charge on any atom is 0.408 e. The maximum absolute atomic E-state index is 13.6. The molecule has 0 aromatic heterocycles. The first kappa shape index (κ1) is 39.6. The molecule has 0 spiro atoms. The zero-order valence-corrected chi connectivity index (χ0v) is 29.5. The van der Waals surface area contributed by atoms with Crippen LogP contribution in [0.5, 0.6) is 5.75 Å². The maximum atomic E-state index is 13.6. The van der Waals surface area contributed by atoms with Crippen LogP contribution in [0.3, 0.4) is 0 Å². The third-order valence-corrected chi connectivity index (χ3v) is 6.71. The summed E-state index contributed by atoms with van der Waals surface area (Å²) in [6.45, 7) is 14.4. The van der Waals surface area contributed by atoms with Crippen LogP contribution in [-0.2, 0) is 46.4 Å². The van der Waals surface area contributed by atoms with Crippen molar-refractivity contribution >= 4 is 29.8 Å². The third kappa shape index (κ3) is 14.9. The molecule has 12 nitrogen and oxygen atoms in total. The Morgan fingerprint density at radius 2 is 1.35 bits per heavy atom. The summed E-state index contributed by atoms with van der Waals surface area (Å²) in [5.41, 5.74) is 0.370. The first-order valence-corrected chi connectivity index (χ1v) is 16.0. The minimum Gasteiger partial charge on any atom is -0.488 e. The number of esters is 2. The molecule has 12 heteroatoms. The van der Waals surface area contributed by atoms with E-state index < -0.39 is 59.5 Å². The molecule has 2 aromatic rings. The van der Waals surface area contributed by atoms with Gasteiger partial charge in [-0.3, -0.25) is 14.4 Å². The summed E-state index contributed by atoms with van der Waals surface area (Å²) in [4.78, 5) is 65.0. The van der Waals surface area contributed by atoms with Gasteiger partial charge in [-0.2, -0.15) is 0 Å². The van der Waals surface area contributed by atoms with Gasteiger partial charge in [-0.25, -0.2) is 9.59 Å². The monoisotopic (exact) mass is 669 g/mol. The summed E-state index contributed by atoms with van der Waals surface area (Å²) in [5.74, 6) is -2.32. The molecule has 0 aliphatic heterocycles. The van der Waals surface area contributed by atoms with Gasteiger partial charge in [0.1, 0.15) is 41.7 Å². The Balaban J connectivity index is 2.17. The molecule has 0 aliphatic rings. The van der Waals surface area contributed by atoms with Gasteiger partial charge in [0.15, 0.2) is 0 Å². The molecular formula is C36H51N3O9. The molecule has 3 N–H and O–H groups in total. The molecule has 264 valence electrons. The van der Waals surface area contributed by atoms with E-state index in [9.17, 15) is 24.0 Å². The van der Waals surface area contributed by atoms with E-state index in [0.717, 1.165) is 11.1 Å². The standard InChI is InChI=1S/C36H51N3O9/c1-23(2)30(32(42)37-28(33(43)45-9)21-24-15-17-26(18-16-24)47-35(3,4)5)39-31(41)27(19-20-29(40)48-36(6,7)8)38-34(44)46-22-25-13-11-10-12-14-25/h10-18,23,27-28,30H,19-22H2,1-9H3,(H,37,42)(H,38,44)(H,39,41)/t27-,28+,30+/m1/s1. The minimum atomic E-state index is -1.24. The predicted molar refractivity (Wildman–Crippen MR) is 180 cm³/mol. The molecular weight excluding hydrogens is 618 g/mol. The lowest BCUT2D eigenvalue weighted by Gasteiger charge is -2.27.